The van der Waals surface area contributed by atoms with E-state index in [0.717, 1.165) is 49.2 Å². The van der Waals surface area contributed by atoms with Crippen molar-refractivity contribution in [3.8, 4) is 0 Å². The molecule has 0 amide bonds. The second-order valence-electron chi connectivity index (χ2n) is 4.48. The van der Waals surface area contributed by atoms with Gasteiger partial charge in [-0.25, -0.2) is 0 Å². The lowest BCUT2D eigenvalue weighted by Crippen LogP contribution is -2.38. The smallest absolute Gasteiger partial charge is 0.191 e. The Morgan fingerprint density at radius 1 is 1.32 bits per heavy atom. The molecule has 0 aliphatic rings. The third kappa shape index (κ3) is 5.64. The van der Waals surface area contributed by atoms with Crippen molar-refractivity contribution in [2.24, 2.45) is 4.99 Å². The van der Waals surface area contributed by atoms with Crippen molar-refractivity contribution in [2.75, 3.05) is 31.6 Å². The van der Waals surface area contributed by atoms with Crippen LogP contribution in [-0.4, -0.2) is 52.2 Å². The van der Waals surface area contributed by atoms with Crippen LogP contribution >= 0.6 is 35.7 Å². The molecule has 0 saturated heterocycles. The Morgan fingerprint density at radius 2 is 2.18 bits per heavy atom. The number of halogens is 1. The van der Waals surface area contributed by atoms with E-state index in [1.165, 1.54) is 0 Å². The summed E-state index contributed by atoms with van der Waals surface area (Å²) in [6, 6.07) is 5.91. The van der Waals surface area contributed by atoms with E-state index in [1.807, 2.05) is 28.8 Å². The summed E-state index contributed by atoms with van der Waals surface area (Å²) in [5.74, 6) is 2.85. The van der Waals surface area contributed by atoms with Gasteiger partial charge in [0.2, 0.25) is 0 Å². The first-order valence-corrected chi connectivity index (χ1v) is 8.54. The predicted molar refractivity (Wildman–Crippen MR) is 104 cm³/mol. The van der Waals surface area contributed by atoms with Crippen molar-refractivity contribution in [1.29, 1.82) is 0 Å². The summed E-state index contributed by atoms with van der Waals surface area (Å²) >= 11 is 1.80. The van der Waals surface area contributed by atoms with Gasteiger partial charge >= 0.3 is 0 Å². The Bertz CT molecular complexity index is 585. The molecular weight excluding hydrogens is 411 g/mol. The topological polar surface area (TPSA) is 66.6 Å². The van der Waals surface area contributed by atoms with E-state index < -0.39 is 0 Å². The highest BCUT2D eigenvalue weighted by molar-refractivity contribution is 14.0. The van der Waals surface area contributed by atoms with Gasteiger partial charge in [-0.2, -0.15) is 11.8 Å². The van der Waals surface area contributed by atoms with E-state index in [4.69, 9.17) is 0 Å². The van der Waals surface area contributed by atoms with Gasteiger partial charge in [0.05, 0.1) is 6.54 Å². The van der Waals surface area contributed by atoms with Gasteiger partial charge in [0, 0.05) is 31.5 Å². The van der Waals surface area contributed by atoms with Gasteiger partial charge in [0.25, 0.3) is 0 Å². The van der Waals surface area contributed by atoms with Crippen molar-refractivity contribution in [2.45, 2.75) is 13.3 Å². The van der Waals surface area contributed by atoms with E-state index in [0.29, 0.717) is 0 Å². The molecule has 2 aromatic heterocycles. The molecule has 2 N–H and O–H groups in total. The minimum absolute atomic E-state index is 0. The third-order valence-corrected chi connectivity index (χ3v) is 3.53. The highest BCUT2D eigenvalue weighted by atomic mass is 127. The minimum atomic E-state index is 0. The van der Waals surface area contributed by atoms with Crippen LogP contribution in [0, 0.1) is 0 Å². The number of thioether (sulfide) groups is 1. The zero-order valence-corrected chi connectivity index (χ0v) is 16.1. The Hall–Kier alpha value is -1.03. The first kappa shape index (κ1) is 19.0. The molecule has 22 heavy (non-hydrogen) atoms. The van der Waals surface area contributed by atoms with Crippen LogP contribution in [0.4, 0.5) is 0 Å². The van der Waals surface area contributed by atoms with Crippen molar-refractivity contribution in [1.82, 2.24) is 25.2 Å². The van der Waals surface area contributed by atoms with Crippen LogP contribution in [0.5, 0.6) is 0 Å². The molecule has 0 fully saturated rings. The largest absolute Gasteiger partial charge is 0.357 e. The van der Waals surface area contributed by atoms with Crippen LogP contribution in [0.15, 0.2) is 29.4 Å². The average Bonchev–Trinajstić information content (AvgIpc) is 2.91. The van der Waals surface area contributed by atoms with Gasteiger partial charge in [-0.15, -0.1) is 34.2 Å². The zero-order chi connectivity index (χ0) is 14.9. The second kappa shape index (κ2) is 10.7. The number of pyridine rings is 1. The molecule has 0 radical (unpaired) electrons. The number of nitrogens with one attached hydrogen (secondary N) is 2. The lowest BCUT2D eigenvalue weighted by Gasteiger charge is -2.10. The molecular formula is C14H23IN6S. The van der Waals surface area contributed by atoms with Gasteiger partial charge < -0.3 is 10.6 Å². The molecule has 0 aromatic carbocycles. The number of nitrogens with zero attached hydrogens (tertiary/aromatic N) is 4. The fourth-order valence-corrected chi connectivity index (χ4v) is 2.22. The van der Waals surface area contributed by atoms with E-state index in [-0.39, 0.29) is 24.0 Å². The zero-order valence-electron chi connectivity index (χ0n) is 13.0. The van der Waals surface area contributed by atoms with Crippen LogP contribution in [0.25, 0.3) is 5.65 Å². The van der Waals surface area contributed by atoms with Crippen molar-refractivity contribution in [3.63, 3.8) is 0 Å². The second-order valence-corrected chi connectivity index (χ2v) is 5.46. The van der Waals surface area contributed by atoms with Crippen LogP contribution < -0.4 is 10.6 Å². The predicted octanol–water partition coefficient (Wildman–Crippen LogP) is 1.81. The van der Waals surface area contributed by atoms with Crippen LogP contribution in [0.2, 0.25) is 0 Å². The first-order valence-electron chi connectivity index (χ1n) is 7.15. The number of rotatable bonds is 7. The molecule has 8 heteroatoms. The summed E-state index contributed by atoms with van der Waals surface area (Å²) in [5.41, 5.74) is 0.882. The monoisotopic (exact) mass is 434 g/mol. The van der Waals surface area contributed by atoms with E-state index in [1.54, 1.807) is 11.8 Å². The lowest BCUT2D eigenvalue weighted by molar-refractivity contribution is 0.765. The molecule has 0 aliphatic carbocycles. The van der Waals surface area contributed by atoms with E-state index >= 15 is 0 Å². The van der Waals surface area contributed by atoms with E-state index in [9.17, 15) is 0 Å². The van der Waals surface area contributed by atoms with Gasteiger partial charge in [-0.3, -0.25) is 9.39 Å². The fourth-order valence-electron chi connectivity index (χ4n) is 1.94. The van der Waals surface area contributed by atoms with Gasteiger partial charge in [-0.1, -0.05) is 6.07 Å². The maximum Gasteiger partial charge on any atom is 0.191 e. The lowest BCUT2D eigenvalue weighted by atomic mass is 10.4. The molecule has 0 aliphatic heterocycles. The van der Waals surface area contributed by atoms with Crippen molar-refractivity contribution >= 4 is 47.3 Å². The molecule has 0 atom stereocenters. The fraction of sp³-hybridized carbons (Fsp3) is 0.500. The molecule has 0 bridgehead atoms. The highest BCUT2D eigenvalue weighted by Crippen LogP contribution is 2.02. The minimum Gasteiger partial charge on any atom is -0.357 e. The summed E-state index contributed by atoms with van der Waals surface area (Å²) < 4.78 is 2.01. The maximum absolute atomic E-state index is 4.52. The number of fused-ring (bicyclic) bond motifs is 1. The molecule has 2 heterocycles. The van der Waals surface area contributed by atoms with Gasteiger partial charge in [0.1, 0.15) is 5.82 Å². The number of hydrogen-bond donors (Lipinski definition) is 2. The summed E-state index contributed by atoms with van der Waals surface area (Å²) in [7, 11) is 0. The summed E-state index contributed by atoms with van der Waals surface area (Å²) in [6.07, 6.45) is 4.88. The Morgan fingerprint density at radius 3 is 2.95 bits per heavy atom. The van der Waals surface area contributed by atoms with Crippen LogP contribution in [0.3, 0.4) is 0 Å². The van der Waals surface area contributed by atoms with Gasteiger partial charge in [-0.05, 0) is 25.3 Å². The number of hydrogen-bond acceptors (Lipinski definition) is 4. The molecule has 2 rings (SSSR count). The number of guanidine groups is 1. The normalized spacial score (nSPS) is 11.3. The Kier molecular flexibility index (Phi) is 9.21. The molecule has 0 unspecified atom stereocenters. The van der Waals surface area contributed by atoms with Crippen LogP contribution in [-0.2, 0) is 6.42 Å². The van der Waals surface area contributed by atoms with Gasteiger partial charge in [0.15, 0.2) is 11.6 Å². The van der Waals surface area contributed by atoms with Crippen molar-refractivity contribution in [3.05, 3.63) is 30.2 Å². The standard InChI is InChI=1S/C14H22N6S.HI/c1-3-15-14(17-9-11-21-2)16-8-7-13-19-18-12-6-4-5-10-20(12)13;/h4-6,10H,3,7-9,11H2,1-2H3,(H2,15,16,17);1H. The molecule has 2 aromatic rings. The van der Waals surface area contributed by atoms with E-state index in [2.05, 4.69) is 39.0 Å². The Balaban J connectivity index is 0.00000242. The van der Waals surface area contributed by atoms with Crippen LogP contribution in [0.1, 0.15) is 12.7 Å². The van der Waals surface area contributed by atoms with Crippen molar-refractivity contribution < 1.29 is 0 Å². The highest BCUT2D eigenvalue weighted by Gasteiger charge is 2.04. The quantitative estimate of drug-likeness (QED) is 0.301. The summed E-state index contributed by atoms with van der Waals surface area (Å²) in [4.78, 5) is 4.52. The molecule has 0 spiro atoms. The molecule has 0 saturated carbocycles. The summed E-state index contributed by atoms with van der Waals surface area (Å²) in [5, 5.41) is 14.9. The molecule has 6 nitrogen and oxygen atoms in total. The molecule has 122 valence electrons. The summed E-state index contributed by atoms with van der Waals surface area (Å²) in [6.45, 7) is 4.53. The SMILES string of the molecule is CCNC(=NCCSC)NCCc1nnc2ccccn12.I. The maximum atomic E-state index is 4.52. The first-order chi connectivity index (χ1) is 10.3. The number of aromatic nitrogens is 3. The Labute approximate surface area is 152 Å². The third-order valence-electron chi connectivity index (χ3n) is 2.93. The average molecular weight is 434 g/mol. The number of aliphatic imine (C=N–C) groups is 1.